The van der Waals surface area contributed by atoms with Crippen LogP contribution in [0.4, 0.5) is 5.69 Å². The molecule has 0 aliphatic rings. The van der Waals surface area contributed by atoms with E-state index in [1.54, 1.807) is 0 Å². The van der Waals surface area contributed by atoms with Gasteiger partial charge in [-0.2, -0.15) is 0 Å². The third-order valence-electron chi connectivity index (χ3n) is 1.77. The minimum atomic E-state index is -0.519. The van der Waals surface area contributed by atoms with Gasteiger partial charge in [-0.05, 0) is 22.4 Å². The minimum absolute atomic E-state index is 0.0870. The van der Waals surface area contributed by atoms with E-state index in [4.69, 9.17) is 0 Å². The van der Waals surface area contributed by atoms with Crippen molar-refractivity contribution in [3.05, 3.63) is 37.2 Å². The highest BCUT2D eigenvalue weighted by Gasteiger charge is 2.11. The van der Waals surface area contributed by atoms with E-state index in [0.29, 0.717) is 6.54 Å². The standard InChI is InChI=1S/C8H8Br2N2O3/c9-2-1-3-11-5-6(12(14)15)4-7(10)8(11)13/h4-5H,1-3H2. The van der Waals surface area contributed by atoms with E-state index in [1.807, 2.05) is 0 Å². The van der Waals surface area contributed by atoms with Gasteiger partial charge in [0, 0.05) is 17.9 Å². The number of aryl methyl sites for hydroxylation is 1. The summed E-state index contributed by atoms with van der Waals surface area (Å²) in [6.07, 6.45) is 2.00. The Labute approximate surface area is 103 Å². The number of hydrogen-bond acceptors (Lipinski definition) is 3. The zero-order chi connectivity index (χ0) is 11.4. The van der Waals surface area contributed by atoms with E-state index in [2.05, 4.69) is 31.9 Å². The molecule has 0 unspecified atom stereocenters. The molecule has 82 valence electrons. The van der Waals surface area contributed by atoms with E-state index in [-0.39, 0.29) is 15.7 Å². The number of pyridine rings is 1. The van der Waals surface area contributed by atoms with Crippen LogP contribution in [-0.4, -0.2) is 14.8 Å². The van der Waals surface area contributed by atoms with Crippen LogP contribution in [0, 0.1) is 10.1 Å². The first-order chi connectivity index (χ1) is 7.06. The largest absolute Gasteiger partial charge is 0.308 e. The molecule has 7 heteroatoms. The molecule has 1 aromatic rings. The smallest absolute Gasteiger partial charge is 0.286 e. The molecule has 0 aromatic carbocycles. The summed E-state index contributed by atoms with van der Waals surface area (Å²) in [4.78, 5) is 21.6. The van der Waals surface area contributed by atoms with Crippen LogP contribution in [0.3, 0.4) is 0 Å². The molecule has 0 saturated heterocycles. The Bertz CT molecular complexity index is 430. The lowest BCUT2D eigenvalue weighted by Gasteiger charge is -2.04. The van der Waals surface area contributed by atoms with Gasteiger partial charge in [-0.1, -0.05) is 15.9 Å². The summed E-state index contributed by atoms with van der Waals surface area (Å²) < 4.78 is 1.55. The molecule has 0 amide bonds. The number of aromatic nitrogens is 1. The number of rotatable bonds is 4. The molecule has 0 fully saturated rings. The Hall–Kier alpha value is -0.690. The van der Waals surface area contributed by atoms with E-state index in [0.717, 1.165) is 11.8 Å². The molecule has 0 aliphatic carbocycles. The van der Waals surface area contributed by atoms with Crippen LogP contribution in [0.15, 0.2) is 21.5 Å². The Morgan fingerprint density at radius 1 is 1.53 bits per heavy atom. The maximum absolute atomic E-state index is 11.5. The highest BCUT2D eigenvalue weighted by atomic mass is 79.9. The van der Waals surface area contributed by atoms with Gasteiger partial charge in [-0.15, -0.1) is 0 Å². The highest BCUT2D eigenvalue weighted by Crippen LogP contribution is 2.14. The second-order valence-electron chi connectivity index (χ2n) is 2.84. The van der Waals surface area contributed by atoms with E-state index in [1.165, 1.54) is 16.8 Å². The third kappa shape index (κ3) is 3.13. The average molecular weight is 340 g/mol. The van der Waals surface area contributed by atoms with Crippen LogP contribution < -0.4 is 5.56 Å². The van der Waals surface area contributed by atoms with Crippen molar-refractivity contribution in [2.75, 3.05) is 5.33 Å². The zero-order valence-corrected chi connectivity index (χ0v) is 10.8. The van der Waals surface area contributed by atoms with Crippen molar-refractivity contribution in [1.29, 1.82) is 0 Å². The Morgan fingerprint density at radius 2 is 2.20 bits per heavy atom. The van der Waals surface area contributed by atoms with Gasteiger partial charge in [-0.25, -0.2) is 0 Å². The van der Waals surface area contributed by atoms with E-state index < -0.39 is 4.92 Å². The topological polar surface area (TPSA) is 65.1 Å². The minimum Gasteiger partial charge on any atom is -0.308 e. The van der Waals surface area contributed by atoms with Gasteiger partial charge >= 0.3 is 0 Å². The quantitative estimate of drug-likeness (QED) is 0.480. The van der Waals surface area contributed by atoms with Gasteiger partial charge in [0.2, 0.25) is 0 Å². The van der Waals surface area contributed by atoms with Gasteiger partial charge in [0.25, 0.3) is 11.2 Å². The molecule has 1 rings (SSSR count). The number of alkyl halides is 1. The number of halogens is 2. The maximum atomic E-state index is 11.5. The number of hydrogen-bond donors (Lipinski definition) is 0. The van der Waals surface area contributed by atoms with Crippen LogP contribution in [-0.2, 0) is 6.54 Å². The van der Waals surface area contributed by atoms with Crippen molar-refractivity contribution in [3.63, 3.8) is 0 Å². The molecular weight excluding hydrogens is 332 g/mol. The fourth-order valence-corrected chi connectivity index (χ4v) is 1.79. The molecule has 5 nitrogen and oxygen atoms in total. The summed E-state index contributed by atoms with van der Waals surface area (Å²) in [6.45, 7) is 0.463. The summed E-state index contributed by atoms with van der Waals surface area (Å²) in [5.41, 5.74) is -0.336. The second kappa shape index (κ2) is 5.41. The summed E-state index contributed by atoms with van der Waals surface area (Å²) in [7, 11) is 0. The fraction of sp³-hybridized carbons (Fsp3) is 0.375. The average Bonchev–Trinajstić information content (AvgIpc) is 2.19. The van der Waals surface area contributed by atoms with Crippen LogP contribution >= 0.6 is 31.9 Å². The summed E-state index contributed by atoms with van der Waals surface area (Å²) in [5.74, 6) is 0. The predicted molar refractivity (Wildman–Crippen MR) is 63.5 cm³/mol. The fourth-order valence-electron chi connectivity index (χ4n) is 1.08. The van der Waals surface area contributed by atoms with Gasteiger partial charge in [0.15, 0.2) is 0 Å². The lowest BCUT2D eigenvalue weighted by Crippen LogP contribution is -2.20. The van der Waals surface area contributed by atoms with Crippen molar-refractivity contribution < 1.29 is 4.92 Å². The zero-order valence-electron chi connectivity index (χ0n) is 7.65. The van der Waals surface area contributed by atoms with Crippen LogP contribution in [0.25, 0.3) is 0 Å². The van der Waals surface area contributed by atoms with Crippen LogP contribution in [0.5, 0.6) is 0 Å². The van der Waals surface area contributed by atoms with Gasteiger partial charge in [0.05, 0.1) is 15.6 Å². The Kier molecular flexibility index (Phi) is 4.46. The number of nitrogens with zero attached hydrogens (tertiary/aromatic N) is 2. The van der Waals surface area contributed by atoms with Crippen molar-refractivity contribution in [3.8, 4) is 0 Å². The lowest BCUT2D eigenvalue weighted by atomic mass is 10.4. The maximum Gasteiger partial charge on any atom is 0.286 e. The normalized spacial score (nSPS) is 10.3. The molecule has 0 atom stereocenters. The van der Waals surface area contributed by atoms with Crippen LogP contribution in [0.2, 0.25) is 0 Å². The first-order valence-electron chi connectivity index (χ1n) is 4.16. The molecule has 1 aromatic heterocycles. The highest BCUT2D eigenvalue weighted by molar-refractivity contribution is 9.10. The van der Waals surface area contributed by atoms with Gasteiger partial charge < -0.3 is 4.57 Å². The Balaban J connectivity index is 3.13. The third-order valence-corrected chi connectivity index (χ3v) is 2.90. The molecule has 15 heavy (non-hydrogen) atoms. The van der Waals surface area contributed by atoms with E-state index >= 15 is 0 Å². The molecular formula is C8H8Br2N2O3. The molecule has 0 N–H and O–H groups in total. The summed E-state index contributed by atoms with van der Waals surface area (Å²) in [6, 6.07) is 1.22. The SMILES string of the molecule is O=c1c(Br)cc([N+](=O)[O-])cn1CCCBr. The number of nitro groups is 1. The van der Waals surface area contributed by atoms with Crippen LogP contribution in [0.1, 0.15) is 6.42 Å². The first kappa shape index (κ1) is 12.4. The van der Waals surface area contributed by atoms with Gasteiger partial charge in [-0.3, -0.25) is 14.9 Å². The molecule has 0 radical (unpaired) electrons. The van der Waals surface area contributed by atoms with Crippen molar-refractivity contribution >= 4 is 37.5 Å². The van der Waals surface area contributed by atoms with E-state index in [9.17, 15) is 14.9 Å². The molecule has 0 bridgehead atoms. The summed E-state index contributed by atoms with van der Waals surface area (Å²) in [5, 5.41) is 11.3. The predicted octanol–water partition coefficient (Wildman–Crippen LogP) is 2.30. The molecule has 0 spiro atoms. The van der Waals surface area contributed by atoms with Crippen molar-refractivity contribution in [2.45, 2.75) is 13.0 Å². The lowest BCUT2D eigenvalue weighted by molar-refractivity contribution is -0.385. The van der Waals surface area contributed by atoms with Crippen molar-refractivity contribution in [2.24, 2.45) is 0 Å². The van der Waals surface area contributed by atoms with Gasteiger partial charge in [0.1, 0.15) is 0 Å². The first-order valence-corrected chi connectivity index (χ1v) is 6.08. The second-order valence-corrected chi connectivity index (χ2v) is 4.49. The monoisotopic (exact) mass is 338 g/mol. The molecule has 0 aliphatic heterocycles. The Morgan fingerprint density at radius 3 is 2.73 bits per heavy atom. The molecule has 1 heterocycles. The molecule has 0 saturated carbocycles. The van der Waals surface area contributed by atoms with Crippen molar-refractivity contribution in [1.82, 2.24) is 4.57 Å². The summed E-state index contributed by atoms with van der Waals surface area (Å²) >= 11 is 6.24.